The Morgan fingerprint density at radius 3 is 2.38 bits per heavy atom. The lowest BCUT2D eigenvalue weighted by Gasteiger charge is -2.27. The monoisotopic (exact) mass is 478 g/mol. The molecule has 1 aliphatic rings. The van der Waals surface area contributed by atoms with E-state index in [9.17, 15) is 13.2 Å². The van der Waals surface area contributed by atoms with Crippen molar-refractivity contribution in [1.82, 2.24) is 10.0 Å². The number of anilines is 3. The summed E-state index contributed by atoms with van der Waals surface area (Å²) in [6.07, 6.45) is 1.74. The zero-order chi connectivity index (χ0) is 24.3. The summed E-state index contributed by atoms with van der Waals surface area (Å²) in [5, 5.41) is 6.22. The second-order valence-corrected chi connectivity index (χ2v) is 10.2. The molecule has 4 rings (SSSR count). The summed E-state index contributed by atoms with van der Waals surface area (Å²) in [6, 6.07) is 20.2. The molecule has 1 aliphatic heterocycles. The van der Waals surface area contributed by atoms with Gasteiger partial charge in [0.1, 0.15) is 6.17 Å². The van der Waals surface area contributed by atoms with Crippen LogP contribution in [0.2, 0.25) is 0 Å². The number of para-hydroxylation sites is 1. The van der Waals surface area contributed by atoms with E-state index in [1.807, 2.05) is 19.1 Å². The molecule has 2 amide bonds. The van der Waals surface area contributed by atoms with E-state index < -0.39 is 16.1 Å². The van der Waals surface area contributed by atoms with E-state index in [1.54, 1.807) is 12.1 Å². The van der Waals surface area contributed by atoms with Gasteiger partial charge in [-0.15, -0.1) is 0 Å². The van der Waals surface area contributed by atoms with Gasteiger partial charge in [-0.05, 0) is 68.1 Å². The van der Waals surface area contributed by atoms with Crippen molar-refractivity contribution in [2.45, 2.75) is 44.7 Å². The first-order valence-electron chi connectivity index (χ1n) is 11.4. The van der Waals surface area contributed by atoms with Crippen LogP contribution in [-0.4, -0.2) is 27.2 Å². The lowest BCUT2D eigenvalue weighted by molar-refractivity contribution is 0.246. The van der Waals surface area contributed by atoms with Crippen LogP contribution in [0.5, 0.6) is 0 Å². The van der Waals surface area contributed by atoms with E-state index in [0.29, 0.717) is 13.0 Å². The first-order valence-corrected chi connectivity index (χ1v) is 12.9. The quantitative estimate of drug-likeness (QED) is 0.452. The standard InChI is InChI=1S/C26H30N4O3S/c1-4-24-28-23-7-5-6-19(3)25(23)30(24)21-12-10-20(11-13-21)16-17-27-26(31)29-34(32,33)22-14-8-18(2)9-15-22/h5-15,24,28H,4,16-17H2,1-3H3,(H2,27,29,31). The zero-order valence-electron chi connectivity index (χ0n) is 19.6. The van der Waals surface area contributed by atoms with Crippen molar-refractivity contribution < 1.29 is 13.2 Å². The average molecular weight is 479 g/mol. The molecule has 0 saturated heterocycles. The molecule has 1 unspecified atom stereocenters. The molecule has 178 valence electrons. The molecule has 0 bridgehead atoms. The molecule has 3 aromatic carbocycles. The number of aryl methyl sites for hydroxylation is 2. The van der Waals surface area contributed by atoms with Gasteiger partial charge in [0.15, 0.2) is 0 Å². The number of hydrogen-bond acceptors (Lipinski definition) is 5. The molecule has 0 radical (unpaired) electrons. The number of amides is 2. The van der Waals surface area contributed by atoms with Gasteiger partial charge in [0.05, 0.1) is 16.3 Å². The Morgan fingerprint density at radius 2 is 1.71 bits per heavy atom. The Hall–Kier alpha value is -3.52. The number of carbonyl (C=O) groups excluding carboxylic acids is 1. The van der Waals surface area contributed by atoms with Gasteiger partial charge in [-0.25, -0.2) is 17.9 Å². The highest BCUT2D eigenvalue weighted by Crippen LogP contribution is 2.42. The lowest BCUT2D eigenvalue weighted by atomic mass is 10.1. The van der Waals surface area contributed by atoms with Gasteiger partial charge in [0.2, 0.25) is 0 Å². The molecule has 0 aromatic heterocycles. The van der Waals surface area contributed by atoms with Gasteiger partial charge < -0.3 is 15.5 Å². The van der Waals surface area contributed by atoms with E-state index in [2.05, 4.69) is 64.4 Å². The fourth-order valence-electron chi connectivity index (χ4n) is 4.17. The van der Waals surface area contributed by atoms with Gasteiger partial charge in [0, 0.05) is 12.2 Å². The normalized spacial score (nSPS) is 14.9. The number of carbonyl (C=O) groups is 1. The number of rotatable bonds is 7. The van der Waals surface area contributed by atoms with Gasteiger partial charge in [-0.2, -0.15) is 0 Å². The van der Waals surface area contributed by atoms with Crippen LogP contribution in [0.3, 0.4) is 0 Å². The molecule has 0 fully saturated rings. The summed E-state index contributed by atoms with van der Waals surface area (Å²) < 4.78 is 26.7. The molecule has 0 spiro atoms. The largest absolute Gasteiger partial charge is 0.363 e. The van der Waals surface area contributed by atoms with Crippen molar-refractivity contribution in [2.24, 2.45) is 0 Å². The minimum Gasteiger partial charge on any atom is -0.363 e. The molecular formula is C26H30N4O3S. The van der Waals surface area contributed by atoms with Crippen molar-refractivity contribution >= 4 is 33.1 Å². The molecule has 3 N–H and O–H groups in total. The van der Waals surface area contributed by atoms with Crippen LogP contribution in [0.25, 0.3) is 0 Å². The third-order valence-corrected chi connectivity index (χ3v) is 7.32. The van der Waals surface area contributed by atoms with Crippen LogP contribution >= 0.6 is 0 Å². The molecule has 7 nitrogen and oxygen atoms in total. The predicted molar refractivity (Wildman–Crippen MR) is 136 cm³/mol. The van der Waals surface area contributed by atoms with Crippen molar-refractivity contribution in [2.75, 3.05) is 16.8 Å². The molecule has 1 atom stereocenters. The molecule has 1 heterocycles. The van der Waals surface area contributed by atoms with Crippen LogP contribution in [0.15, 0.2) is 71.6 Å². The Balaban J connectivity index is 1.35. The van der Waals surface area contributed by atoms with Crippen LogP contribution < -0.4 is 20.3 Å². The van der Waals surface area contributed by atoms with Crippen LogP contribution in [0.4, 0.5) is 21.9 Å². The molecule has 8 heteroatoms. The number of urea groups is 1. The summed E-state index contributed by atoms with van der Waals surface area (Å²) in [5.74, 6) is 0. The Labute approximate surface area is 201 Å². The van der Waals surface area contributed by atoms with E-state index in [1.165, 1.54) is 23.4 Å². The van der Waals surface area contributed by atoms with Gasteiger partial charge in [0.25, 0.3) is 10.0 Å². The van der Waals surface area contributed by atoms with Gasteiger partial charge in [-0.1, -0.05) is 48.9 Å². The maximum Gasteiger partial charge on any atom is 0.328 e. The highest BCUT2D eigenvalue weighted by atomic mass is 32.2. The first-order chi connectivity index (χ1) is 16.3. The van der Waals surface area contributed by atoms with Crippen molar-refractivity contribution in [3.05, 3.63) is 83.4 Å². The fourth-order valence-corrected chi connectivity index (χ4v) is 5.10. The summed E-state index contributed by atoms with van der Waals surface area (Å²) in [5.41, 5.74) is 6.67. The molecule has 34 heavy (non-hydrogen) atoms. The lowest BCUT2D eigenvalue weighted by Crippen LogP contribution is -2.40. The highest BCUT2D eigenvalue weighted by Gasteiger charge is 2.29. The number of nitrogens with zero attached hydrogens (tertiary/aromatic N) is 1. The first kappa shape index (κ1) is 23.6. The second-order valence-electron chi connectivity index (χ2n) is 8.50. The summed E-state index contributed by atoms with van der Waals surface area (Å²) in [7, 11) is -3.90. The topological polar surface area (TPSA) is 90.5 Å². The Morgan fingerprint density at radius 1 is 1.00 bits per heavy atom. The Kier molecular flexibility index (Phi) is 6.79. The number of benzene rings is 3. The summed E-state index contributed by atoms with van der Waals surface area (Å²) in [4.78, 5) is 14.5. The number of sulfonamides is 1. The fraction of sp³-hybridized carbons (Fsp3) is 0.269. The van der Waals surface area contributed by atoms with Crippen molar-refractivity contribution in [3.63, 3.8) is 0 Å². The maximum absolute atomic E-state index is 12.3. The van der Waals surface area contributed by atoms with E-state index >= 15 is 0 Å². The molecule has 0 saturated carbocycles. The van der Waals surface area contributed by atoms with Crippen LogP contribution in [0, 0.1) is 13.8 Å². The average Bonchev–Trinajstić information content (AvgIpc) is 3.19. The number of hydrogen-bond donors (Lipinski definition) is 3. The Bertz CT molecular complexity index is 1270. The molecule has 0 aliphatic carbocycles. The maximum atomic E-state index is 12.3. The zero-order valence-corrected chi connectivity index (χ0v) is 20.4. The summed E-state index contributed by atoms with van der Waals surface area (Å²) in [6.45, 7) is 6.47. The highest BCUT2D eigenvalue weighted by molar-refractivity contribution is 7.90. The summed E-state index contributed by atoms with van der Waals surface area (Å²) >= 11 is 0. The van der Waals surface area contributed by atoms with Gasteiger partial charge in [-0.3, -0.25) is 0 Å². The van der Waals surface area contributed by atoms with E-state index in [0.717, 1.165) is 28.9 Å². The van der Waals surface area contributed by atoms with Crippen LogP contribution in [-0.2, 0) is 16.4 Å². The second kappa shape index (κ2) is 9.77. The van der Waals surface area contributed by atoms with Gasteiger partial charge >= 0.3 is 6.03 Å². The number of fused-ring (bicyclic) bond motifs is 1. The minimum atomic E-state index is -3.90. The van der Waals surface area contributed by atoms with Crippen LogP contribution in [0.1, 0.15) is 30.0 Å². The third kappa shape index (κ3) is 5.02. The van der Waals surface area contributed by atoms with Crippen molar-refractivity contribution in [3.8, 4) is 0 Å². The predicted octanol–water partition coefficient (Wildman–Crippen LogP) is 4.83. The third-order valence-electron chi connectivity index (χ3n) is 5.97. The number of nitrogens with one attached hydrogen (secondary N) is 3. The van der Waals surface area contributed by atoms with Crippen molar-refractivity contribution in [1.29, 1.82) is 0 Å². The minimum absolute atomic E-state index is 0.0578. The molecule has 3 aromatic rings. The smallest absolute Gasteiger partial charge is 0.328 e. The van der Waals surface area contributed by atoms with E-state index in [4.69, 9.17) is 0 Å². The van der Waals surface area contributed by atoms with E-state index in [-0.39, 0.29) is 11.1 Å². The SMILES string of the molecule is CCC1Nc2cccc(C)c2N1c1ccc(CCNC(=O)NS(=O)(=O)c2ccc(C)cc2)cc1. The molecular weight excluding hydrogens is 448 g/mol.